The van der Waals surface area contributed by atoms with Crippen molar-refractivity contribution in [3.05, 3.63) is 0 Å². The Morgan fingerprint density at radius 2 is 1.17 bits per heavy atom. The molecule has 0 aromatic carbocycles. The summed E-state index contributed by atoms with van der Waals surface area (Å²) >= 11 is -4.77. The third kappa shape index (κ3) is 6.31. The van der Waals surface area contributed by atoms with Gasteiger partial charge in [0.25, 0.3) is 0 Å². The zero-order valence-corrected chi connectivity index (χ0v) is 18.6. The first kappa shape index (κ1) is 24.4. The molecule has 0 aliphatic heterocycles. The summed E-state index contributed by atoms with van der Waals surface area (Å²) in [6, 6.07) is 0. The van der Waals surface area contributed by atoms with E-state index in [0.29, 0.717) is 32.1 Å². The van der Waals surface area contributed by atoms with Crippen molar-refractivity contribution in [3.63, 3.8) is 0 Å². The second-order valence-corrected chi connectivity index (χ2v) is 21.2. The van der Waals surface area contributed by atoms with E-state index in [4.69, 9.17) is 0 Å². The van der Waals surface area contributed by atoms with E-state index in [1.807, 2.05) is 13.8 Å². The third-order valence-electron chi connectivity index (χ3n) is 5.37. The molecule has 0 fully saturated rings. The van der Waals surface area contributed by atoms with Crippen LogP contribution < -0.4 is 0 Å². The van der Waals surface area contributed by atoms with Gasteiger partial charge in [-0.3, -0.25) is 0 Å². The van der Waals surface area contributed by atoms with Gasteiger partial charge in [0, 0.05) is 0 Å². The Labute approximate surface area is 148 Å². The van der Waals surface area contributed by atoms with Crippen molar-refractivity contribution in [3.8, 4) is 0 Å². The van der Waals surface area contributed by atoms with Crippen LogP contribution in [0.4, 0.5) is 22.0 Å². The predicted molar refractivity (Wildman–Crippen MR) is 94.4 cm³/mol. The Hall–Kier alpha value is 0.449. The third-order valence-corrected chi connectivity index (χ3v) is 23.1. The average Bonchev–Trinajstić information content (AvgIpc) is 2.50. The van der Waals surface area contributed by atoms with E-state index in [-0.39, 0.29) is 8.87 Å². The first-order chi connectivity index (χ1) is 11.1. The predicted octanol–water partition coefficient (Wildman–Crippen LogP) is 8.13. The fourth-order valence-electron chi connectivity index (χ4n) is 3.66. The van der Waals surface area contributed by atoms with Crippen molar-refractivity contribution in [2.45, 2.75) is 108 Å². The first-order valence-electron chi connectivity index (χ1n) is 9.55. The molecule has 0 N–H and O–H groups in total. The Balaban J connectivity index is 5.55. The zero-order chi connectivity index (χ0) is 18.9. The molecule has 0 spiro atoms. The number of unbranched alkanes of at least 4 members (excludes halogenated alkanes) is 5. The fraction of sp³-hybridized carbons (Fsp3) is 1.00. The molecule has 0 amide bonds. The number of rotatable bonds is 13. The van der Waals surface area contributed by atoms with E-state index >= 15 is 0 Å². The maximum atomic E-state index is 14.7. The second-order valence-electron chi connectivity index (χ2n) is 7.19. The van der Waals surface area contributed by atoms with Gasteiger partial charge in [-0.25, -0.2) is 0 Å². The molecule has 0 aromatic rings. The fourth-order valence-corrected chi connectivity index (χ4v) is 20.1. The minimum absolute atomic E-state index is 0.159. The average molecular weight is 465 g/mol. The van der Waals surface area contributed by atoms with Crippen molar-refractivity contribution in [1.82, 2.24) is 0 Å². The van der Waals surface area contributed by atoms with Gasteiger partial charge >= 0.3 is 149 Å². The molecule has 6 heteroatoms. The van der Waals surface area contributed by atoms with Gasteiger partial charge in [0.15, 0.2) is 0 Å². The molecule has 24 heavy (non-hydrogen) atoms. The Bertz CT molecular complexity index is 320. The molecule has 0 aliphatic rings. The summed E-state index contributed by atoms with van der Waals surface area (Å²) in [5.41, 5.74) is 0. The van der Waals surface area contributed by atoms with E-state index in [1.165, 1.54) is 0 Å². The number of hydrogen-bond donors (Lipinski definition) is 0. The summed E-state index contributed by atoms with van der Waals surface area (Å²) in [5.74, 6) is 0. The molecule has 0 radical (unpaired) electrons. The van der Waals surface area contributed by atoms with Crippen LogP contribution in [-0.2, 0) is 0 Å². The zero-order valence-electron chi connectivity index (χ0n) is 15.7. The number of halogens is 5. The van der Waals surface area contributed by atoms with E-state index in [1.54, 1.807) is 6.92 Å². The summed E-state index contributed by atoms with van der Waals surface area (Å²) in [6.07, 6.45) is 1.29. The molecule has 0 bridgehead atoms. The molecule has 0 unspecified atom stereocenters. The standard InChI is InChI=1S/C8H17.2C4H9.C2F5.Sn/c1-3-5-7-8-6-4-2;2*1-3-4-2;3-1(4)2(5,6)7;/h3H,4-8H2,1-2H3;2*1,3-4H2,2H3;;. The molecular formula is C18H35F5Sn. The molecular weight excluding hydrogens is 430 g/mol. The van der Waals surface area contributed by atoms with E-state index in [2.05, 4.69) is 6.92 Å². The molecule has 0 saturated carbocycles. The monoisotopic (exact) mass is 466 g/mol. The van der Waals surface area contributed by atoms with Crippen LogP contribution >= 0.6 is 0 Å². The quantitative estimate of drug-likeness (QED) is 0.146. The van der Waals surface area contributed by atoms with Gasteiger partial charge in [-0.1, -0.05) is 0 Å². The summed E-state index contributed by atoms with van der Waals surface area (Å²) in [7, 11) is 0. The Kier molecular flexibility index (Phi) is 11.4. The van der Waals surface area contributed by atoms with Gasteiger partial charge in [0.1, 0.15) is 0 Å². The summed E-state index contributed by atoms with van der Waals surface area (Å²) < 4.78 is 64.7. The topological polar surface area (TPSA) is 0 Å². The summed E-state index contributed by atoms with van der Waals surface area (Å²) in [5, 5.41) is 0. The second kappa shape index (κ2) is 11.2. The number of hydrogen-bond acceptors (Lipinski definition) is 0. The molecule has 146 valence electrons. The van der Waals surface area contributed by atoms with Crippen LogP contribution in [0.1, 0.15) is 85.5 Å². The van der Waals surface area contributed by atoms with Crippen LogP contribution in [0.15, 0.2) is 0 Å². The van der Waals surface area contributed by atoms with Crippen molar-refractivity contribution in [1.29, 1.82) is 0 Å². The summed E-state index contributed by atoms with van der Waals surface area (Å²) in [6.45, 7) is 7.50. The number of alkyl halides is 5. The van der Waals surface area contributed by atoms with Gasteiger partial charge in [0.05, 0.1) is 0 Å². The van der Waals surface area contributed by atoms with Crippen molar-refractivity contribution in [2.75, 3.05) is 0 Å². The van der Waals surface area contributed by atoms with Crippen molar-refractivity contribution < 1.29 is 22.0 Å². The molecule has 0 heterocycles. The molecule has 1 atom stereocenters. The van der Waals surface area contributed by atoms with Gasteiger partial charge in [-0.15, -0.1) is 0 Å². The van der Waals surface area contributed by atoms with Crippen LogP contribution in [0, 0.1) is 0 Å². The van der Waals surface area contributed by atoms with Gasteiger partial charge < -0.3 is 0 Å². The van der Waals surface area contributed by atoms with Gasteiger partial charge in [-0.05, 0) is 0 Å². The Morgan fingerprint density at radius 1 is 0.708 bits per heavy atom. The molecule has 0 saturated heterocycles. The van der Waals surface area contributed by atoms with E-state index < -0.39 is 32.4 Å². The van der Waals surface area contributed by atoms with E-state index in [9.17, 15) is 22.0 Å². The maximum absolute atomic E-state index is 14.7. The SMILES string of the molecule is CCCCCC[C@@H](C)[Sn]([CH2]CCC)([CH2]CCC)[C](F)(F)C(F)(F)F. The molecule has 0 aromatic heterocycles. The first-order valence-corrected chi connectivity index (χ1v) is 16.7. The van der Waals surface area contributed by atoms with Crippen molar-refractivity contribution >= 4 is 18.4 Å². The molecule has 0 nitrogen and oxygen atoms in total. The van der Waals surface area contributed by atoms with E-state index in [0.717, 1.165) is 25.7 Å². The normalized spacial score (nSPS) is 14.9. The van der Waals surface area contributed by atoms with Crippen LogP contribution in [0.25, 0.3) is 0 Å². The molecule has 0 rings (SSSR count). The summed E-state index contributed by atoms with van der Waals surface area (Å²) in [4.78, 5) is 0. The van der Waals surface area contributed by atoms with Crippen molar-refractivity contribution in [2.24, 2.45) is 0 Å². The van der Waals surface area contributed by atoms with Crippen LogP contribution in [0.2, 0.25) is 12.8 Å². The van der Waals surface area contributed by atoms with Crippen LogP contribution in [0.3, 0.4) is 0 Å². The minimum atomic E-state index is -5.39. The van der Waals surface area contributed by atoms with Gasteiger partial charge in [0.2, 0.25) is 0 Å². The van der Waals surface area contributed by atoms with Crippen LogP contribution in [-0.4, -0.2) is 28.5 Å². The van der Waals surface area contributed by atoms with Gasteiger partial charge in [-0.2, -0.15) is 0 Å². The van der Waals surface area contributed by atoms with Crippen LogP contribution in [0.5, 0.6) is 0 Å². The Morgan fingerprint density at radius 3 is 1.54 bits per heavy atom. The molecule has 0 aliphatic carbocycles.